The van der Waals surface area contributed by atoms with Crippen LogP contribution in [-0.2, 0) is 39.0 Å². The molecule has 127 heavy (non-hydrogen) atoms. The molecule has 5 amide bonds. The van der Waals surface area contributed by atoms with Crippen molar-refractivity contribution in [3.05, 3.63) is 275 Å². The summed E-state index contributed by atoms with van der Waals surface area (Å²) in [4.78, 5) is 117. The summed E-state index contributed by atoms with van der Waals surface area (Å²) >= 11 is 0. The van der Waals surface area contributed by atoms with E-state index in [1.54, 1.807) is 145 Å². The van der Waals surface area contributed by atoms with Crippen molar-refractivity contribution in [2.45, 2.75) is 91.5 Å². The third-order valence-corrected chi connectivity index (χ3v) is 27.8. The molecular weight excluding hydrogens is 1690 g/mol. The van der Waals surface area contributed by atoms with Crippen molar-refractivity contribution in [1.29, 1.82) is 0 Å². The molecule has 8 aliphatic rings. The van der Waals surface area contributed by atoms with Gasteiger partial charge >= 0.3 is 0 Å². The fourth-order valence-electron chi connectivity index (χ4n) is 16.8. The molecule has 8 aromatic carbocycles. The van der Waals surface area contributed by atoms with Crippen molar-refractivity contribution < 1.29 is 98.4 Å². The van der Waals surface area contributed by atoms with Crippen molar-refractivity contribution in [3.63, 3.8) is 0 Å². The molecule has 8 saturated heterocycles. The molecule has 0 aromatic heterocycles. The van der Waals surface area contributed by atoms with E-state index in [0.29, 0.717) is 194 Å². The molecule has 672 valence electrons. The number of sulfonamides is 2. The second-order valence-electron chi connectivity index (χ2n) is 30.6. The summed E-state index contributed by atoms with van der Waals surface area (Å²) in [5.74, 6) is 2.06. The average molecular weight is 1790 g/mol. The van der Waals surface area contributed by atoms with Gasteiger partial charge in [-0.25, -0.2) is 16.8 Å². The van der Waals surface area contributed by atoms with Crippen LogP contribution in [0.4, 0.5) is 22.7 Å². The molecule has 8 fully saturated rings. The molecule has 0 atom stereocenters. The minimum atomic E-state index is -3.91. The minimum Gasteiger partial charge on any atom is -0.497 e. The zero-order chi connectivity index (χ0) is 89.9. The van der Waals surface area contributed by atoms with Gasteiger partial charge in [-0.1, -0.05) is 14.0 Å². The Hall–Kier alpha value is -12.9. The Morgan fingerprint density at radius 3 is 0.795 bits per heavy atom. The predicted octanol–water partition coefficient (Wildman–Crippen LogP) is 11.4. The van der Waals surface area contributed by atoms with Gasteiger partial charge in [-0.15, -0.1) is 0 Å². The summed E-state index contributed by atoms with van der Waals surface area (Å²) in [5, 5.41) is 43.4. The number of nitro benzene ring substituents is 4. The predicted molar refractivity (Wildman–Crippen MR) is 461 cm³/mol. The molecule has 0 saturated carbocycles. The maximum Gasteiger partial charge on any atom is 0.269 e. The molecule has 0 N–H and O–H groups in total. The molecule has 0 bridgehead atoms. The summed E-state index contributed by atoms with van der Waals surface area (Å²) in [6, 6.07) is 49.4. The number of non-ortho nitro benzene ring substituents is 4. The van der Waals surface area contributed by atoms with Gasteiger partial charge in [0.2, 0.25) is 20.0 Å². The van der Waals surface area contributed by atoms with E-state index < -0.39 is 62.6 Å². The first-order chi connectivity index (χ1) is 60.4. The Morgan fingerprint density at radius 1 is 0.307 bits per heavy atom. The first-order valence-corrected chi connectivity index (χ1v) is 43.4. The summed E-state index contributed by atoms with van der Waals surface area (Å²) in [6.45, 7) is 10.6. The average Bonchev–Trinajstić information content (AvgIpc) is 1.63. The highest BCUT2D eigenvalue weighted by Crippen LogP contribution is 2.44. The SMILES string of the molecule is C.C=C(c1ccc([N+](=O)[O-])cc1)N1CCC2(CC1)OCCN2S(=O)(=O)c1ccc([N+](=O)[O-])cc1.COc1ccc(C(=O)N2CCC3(CC2)OCCN3C(=O)c2ccc(OC)cc2)cc1.COc1ccc(C(=O)N2CCC3(CC2)OCCN3S(=O)(=O)c2ccc(OC)cc2)cc1.O=C(c1ccc([N+](=O)[O-])cc1)N1CCC2(CC1)OCCN2C(=O)c1ccc([N+](=O)[O-])cc1. The molecule has 8 aromatic rings. The summed E-state index contributed by atoms with van der Waals surface area (Å²) in [7, 11) is -1.33. The number of nitro groups is 4. The van der Waals surface area contributed by atoms with Crippen LogP contribution < -0.4 is 18.9 Å². The van der Waals surface area contributed by atoms with E-state index in [4.69, 9.17) is 37.9 Å². The molecule has 8 aliphatic heterocycles. The van der Waals surface area contributed by atoms with E-state index in [-0.39, 0.29) is 82.7 Å². The van der Waals surface area contributed by atoms with Crippen molar-refractivity contribution in [3.8, 4) is 23.0 Å². The topological polar surface area (TPSA) is 426 Å². The van der Waals surface area contributed by atoms with Crippen LogP contribution in [0.5, 0.6) is 23.0 Å². The fraction of sp³-hybridized carbons (Fsp3) is 0.375. The van der Waals surface area contributed by atoms with Gasteiger partial charge in [-0.3, -0.25) is 64.4 Å². The van der Waals surface area contributed by atoms with Gasteiger partial charge in [0.1, 0.15) is 45.9 Å². The second-order valence-corrected chi connectivity index (χ2v) is 34.3. The third-order valence-electron chi connectivity index (χ3n) is 23.9. The lowest BCUT2D eigenvalue weighted by atomic mass is 9.97. The smallest absolute Gasteiger partial charge is 0.269 e. The molecule has 16 rings (SSSR count). The number of carbonyl (C=O) groups is 5. The fourth-order valence-corrected chi connectivity index (χ4v) is 20.2. The van der Waals surface area contributed by atoms with Crippen molar-refractivity contribution in [2.75, 3.05) is 133 Å². The Morgan fingerprint density at radius 2 is 0.520 bits per heavy atom. The van der Waals surface area contributed by atoms with E-state index in [9.17, 15) is 81.3 Å². The molecule has 0 radical (unpaired) electrons. The molecule has 8 heterocycles. The molecule has 4 spiro atoms. The number of rotatable bonds is 19. The van der Waals surface area contributed by atoms with Crippen LogP contribution in [0.15, 0.2) is 210 Å². The van der Waals surface area contributed by atoms with Crippen LogP contribution in [0, 0.1) is 40.5 Å². The van der Waals surface area contributed by atoms with Crippen LogP contribution in [0.25, 0.3) is 5.70 Å². The quantitative estimate of drug-likeness (QED) is 0.0536. The first kappa shape index (κ1) is 93.3. The maximum atomic E-state index is 13.3. The minimum absolute atomic E-state index is 0. The maximum absolute atomic E-state index is 13.3. The summed E-state index contributed by atoms with van der Waals surface area (Å²) < 4.78 is 101. The van der Waals surface area contributed by atoms with Crippen molar-refractivity contribution >= 4 is 78.0 Å². The van der Waals surface area contributed by atoms with Crippen molar-refractivity contribution in [2.24, 2.45) is 0 Å². The van der Waals surface area contributed by atoms with Gasteiger partial charge in [0, 0.05) is 212 Å². The van der Waals surface area contributed by atoms with E-state index in [2.05, 4.69) is 6.58 Å². The van der Waals surface area contributed by atoms with Gasteiger partial charge in [0.15, 0.2) is 0 Å². The van der Waals surface area contributed by atoms with Gasteiger partial charge < -0.3 is 67.3 Å². The van der Waals surface area contributed by atoms with Gasteiger partial charge in [-0.05, 0) is 151 Å². The van der Waals surface area contributed by atoms with Crippen LogP contribution in [-0.4, -0.2) is 260 Å². The number of hydrogen-bond acceptors (Lipinski definition) is 26. The van der Waals surface area contributed by atoms with Crippen molar-refractivity contribution in [1.82, 2.24) is 38.0 Å². The number of ether oxygens (including phenoxy) is 8. The molecule has 39 heteroatoms. The number of likely N-dealkylation sites (tertiary alicyclic amines) is 4. The summed E-state index contributed by atoms with van der Waals surface area (Å²) in [5.41, 5.74) is 0.209. The van der Waals surface area contributed by atoms with Crippen LogP contribution in [0.2, 0.25) is 0 Å². The number of amides is 5. The Balaban J connectivity index is 0.000000153. The largest absolute Gasteiger partial charge is 0.497 e. The number of nitrogens with zero attached hydrogens (tertiary/aromatic N) is 12. The lowest BCUT2D eigenvalue weighted by molar-refractivity contribution is -0.385. The zero-order valence-electron chi connectivity index (χ0n) is 69.5. The third kappa shape index (κ3) is 20.2. The number of piperidine rings is 4. The lowest BCUT2D eigenvalue weighted by Gasteiger charge is -2.44. The molecule has 0 aliphatic carbocycles. The van der Waals surface area contributed by atoms with E-state index in [0.717, 1.165) is 11.3 Å². The monoisotopic (exact) mass is 1790 g/mol. The number of carbonyl (C=O) groups excluding carboxylic acids is 5. The summed E-state index contributed by atoms with van der Waals surface area (Å²) in [6.07, 6.45) is 3.69. The standard InChI is InChI=1S/C23H26N2O5.C22H26N2O6S.C21H22N4O7S.C21H20N4O7.CH4/c1-28-19-7-3-17(4-8-19)21(26)24-13-11-23(12-14-24)25(15-16-30-23)22(27)18-5-9-20(29-2)10-6-18;1-28-18-5-3-17(4-6-18)21(25)23-13-11-22(12-14-23)24(15-16-30-22)31(26,27)20-9-7-19(29-2)8-10-20;1-16(17-2-4-18(5-3-17)24(26)27)22-12-10-21(11-13-22)23(14-15-32-21)33(30,31)20-8-6-19(7-9-20)25(28)29;26-19(15-1-5-17(6-2-15)24(28)29)22-11-9-21(10-12-22)23(13-14-32-21)20(27)16-3-7-18(8-4-16)25(30)31;/h3-10H,11-16H2,1-2H3;3-10H,11-16H2,1-2H3;2-9H,1,10-15H2;1-8H,9-14H2;1H4. The second kappa shape index (κ2) is 39.8. The van der Waals surface area contributed by atoms with Gasteiger partial charge in [-0.2, -0.15) is 8.61 Å². The van der Waals surface area contributed by atoms with E-state index in [1.807, 2.05) is 14.7 Å². The Labute approximate surface area is 733 Å². The highest BCUT2D eigenvalue weighted by Gasteiger charge is 2.54. The highest BCUT2D eigenvalue weighted by molar-refractivity contribution is 7.89. The van der Waals surface area contributed by atoms with E-state index in [1.165, 1.54) is 101 Å². The molecule has 37 nitrogen and oxygen atoms in total. The van der Waals surface area contributed by atoms with E-state index >= 15 is 0 Å². The van der Waals surface area contributed by atoms with Crippen LogP contribution in [0.1, 0.15) is 116 Å². The van der Waals surface area contributed by atoms with Gasteiger partial charge in [0.05, 0.1) is 84.4 Å². The van der Waals surface area contributed by atoms with Crippen LogP contribution >= 0.6 is 0 Å². The van der Waals surface area contributed by atoms with Gasteiger partial charge in [0.25, 0.3) is 52.3 Å². The number of benzene rings is 8. The Bertz CT molecular complexity index is 5560. The zero-order valence-corrected chi connectivity index (χ0v) is 71.2. The normalized spacial score (nSPS) is 18.0. The highest BCUT2D eigenvalue weighted by atomic mass is 32.2. The number of methoxy groups -OCH3 is 4. The number of hydrogen-bond donors (Lipinski definition) is 0. The first-order valence-electron chi connectivity index (χ1n) is 40.5. The molecular formula is C88H98N12O25S2. The lowest BCUT2D eigenvalue weighted by Crippen LogP contribution is -2.55. The Kier molecular flexibility index (Phi) is 29.2. The van der Waals surface area contributed by atoms with Crippen LogP contribution in [0.3, 0.4) is 0 Å². The molecule has 0 unspecified atom stereocenters.